The lowest BCUT2D eigenvalue weighted by atomic mass is 10.1. The molecule has 2 aromatic carbocycles. The van der Waals surface area contributed by atoms with E-state index in [-0.39, 0.29) is 29.8 Å². The van der Waals surface area contributed by atoms with Crippen molar-refractivity contribution in [1.82, 2.24) is 10.6 Å². The van der Waals surface area contributed by atoms with E-state index in [0.717, 1.165) is 18.1 Å². The van der Waals surface area contributed by atoms with Crippen molar-refractivity contribution in [3.63, 3.8) is 0 Å². The number of benzene rings is 2. The van der Waals surface area contributed by atoms with Crippen LogP contribution in [-0.4, -0.2) is 19.1 Å². The van der Waals surface area contributed by atoms with Crippen LogP contribution in [0.15, 0.2) is 53.5 Å². The molecule has 0 aliphatic rings. The topological polar surface area (TPSA) is 45.7 Å². The first kappa shape index (κ1) is 22.4. The standard InChI is InChI=1S/C20H26FN3O.HI/c1-3-22-20(23-13-16-9-11-19(21)12-10-16)24-14-17-7-5-6-8-18(17)15-25-4-2;/h5-12H,3-4,13-15H2,1-2H3,(H2,22,23,24);1H. The molecule has 0 spiro atoms. The van der Waals surface area contributed by atoms with Crippen LogP contribution in [0.1, 0.15) is 30.5 Å². The monoisotopic (exact) mass is 471 g/mol. The third-order valence-corrected chi connectivity index (χ3v) is 3.70. The lowest BCUT2D eigenvalue weighted by Gasteiger charge is -2.14. The Hall–Kier alpha value is -1.67. The van der Waals surface area contributed by atoms with Gasteiger partial charge in [0.2, 0.25) is 0 Å². The zero-order valence-electron chi connectivity index (χ0n) is 15.3. The molecular weight excluding hydrogens is 444 g/mol. The summed E-state index contributed by atoms with van der Waals surface area (Å²) in [5.41, 5.74) is 3.32. The van der Waals surface area contributed by atoms with Gasteiger partial charge < -0.3 is 15.4 Å². The molecule has 0 saturated carbocycles. The first-order valence-electron chi connectivity index (χ1n) is 8.64. The second kappa shape index (κ2) is 12.6. The quantitative estimate of drug-likeness (QED) is 0.344. The van der Waals surface area contributed by atoms with Gasteiger partial charge in [-0.2, -0.15) is 0 Å². The molecule has 2 N–H and O–H groups in total. The first-order valence-corrected chi connectivity index (χ1v) is 8.64. The van der Waals surface area contributed by atoms with E-state index in [1.54, 1.807) is 12.1 Å². The van der Waals surface area contributed by atoms with Crippen molar-refractivity contribution in [1.29, 1.82) is 0 Å². The molecule has 0 aromatic heterocycles. The Morgan fingerprint density at radius 3 is 2.35 bits per heavy atom. The summed E-state index contributed by atoms with van der Waals surface area (Å²) < 4.78 is 18.5. The third kappa shape index (κ3) is 7.70. The highest BCUT2D eigenvalue weighted by Crippen LogP contribution is 2.10. The average Bonchev–Trinajstić information content (AvgIpc) is 2.64. The number of hydrogen-bond acceptors (Lipinski definition) is 2. The molecule has 0 atom stereocenters. The first-order chi connectivity index (χ1) is 12.2. The number of rotatable bonds is 8. The second-order valence-corrected chi connectivity index (χ2v) is 5.58. The van der Waals surface area contributed by atoms with Crippen molar-refractivity contribution in [3.8, 4) is 0 Å². The van der Waals surface area contributed by atoms with E-state index >= 15 is 0 Å². The number of nitrogens with one attached hydrogen (secondary N) is 2. The molecule has 0 aliphatic heterocycles. The van der Waals surface area contributed by atoms with E-state index < -0.39 is 0 Å². The van der Waals surface area contributed by atoms with Gasteiger partial charge in [0.15, 0.2) is 5.96 Å². The van der Waals surface area contributed by atoms with E-state index in [9.17, 15) is 4.39 Å². The fourth-order valence-electron chi connectivity index (χ4n) is 2.36. The number of aliphatic imine (C=N–C) groups is 1. The van der Waals surface area contributed by atoms with Crippen LogP contribution in [0.4, 0.5) is 4.39 Å². The minimum atomic E-state index is -0.233. The van der Waals surface area contributed by atoms with Crippen molar-refractivity contribution in [2.75, 3.05) is 13.2 Å². The lowest BCUT2D eigenvalue weighted by Crippen LogP contribution is -2.37. The van der Waals surface area contributed by atoms with Crippen molar-refractivity contribution in [3.05, 3.63) is 71.0 Å². The number of nitrogens with zero attached hydrogens (tertiary/aromatic N) is 1. The van der Waals surface area contributed by atoms with E-state index in [1.165, 1.54) is 23.3 Å². The van der Waals surface area contributed by atoms with Crippen LogP contribution in [0.5, 0.6) is 0 Å². The highest BCUT2D eigenvalue weighted by molar-refractivity contribution is 14.0. The van der Waals surface area contributed by atoms with Gasteiger partial charge in [-0.05, 0) is 42.7 Å². The number of halogens is 2. The Morgan fingerprint density at radius 2 is 1.69 bits per heavy atom. The fraction of sp³-hybridized carbons (Fsp3) is 0.350. The third-order valence-electron chi connectivity index (χ3n) is 3.70. The van der Waals surface area contributed by atoms with E-state index in [1.807, 2.05) is 26.0 Å². The van der Waals surface area contributed by atoms with Crippen molar-refractivity contribution >= 4 is 29.9 Å². The summed E-state index contributed by atoms with van der Waals surface area (Å²) in [6.45, 7) is 7.26. The Labute approximate surface area is 172 Å². The molecule has 0 unspecified atom stereocenters. The largest absolute Gasteiger partial charge is 0.377 e. The van der Waals surface area contributed by atoms with Crippen LogP contribution in [0.3, 0.4) is 0 Å². The molecule has 6 heteroatoms. The van der Waals surface area contributed by atoms with Gasteiger partial charge in [0.05, 0.1) is 13.2 Å². The maximum absolute atomic E-state index is 13.0. The molecule has 2 rings (SSSR count). The maximum Gasteiger partial charge on any atom is 0.191 e. The van der Waals surface area contributed by atoms with Gasteiger partial charge in [0, 0.05) is 19.7 Å². The summed E-state index contributed by atoms with van der Waals surface area (Å²) in [5.74, 6) is 0.502. The highest BCUT2D eigenvalue weighted by atomic mass is 127. The lowest BCUT2D eigenvalue weighted by molar-refractivity contribution is 0.133. The van der Waals surface area contributed by atoms with Crippen molar-refractivity contribution < 1.29 is 9.13 Å². The van der Waals surface area contributed by atoms with Gasteiger partial charge in [-0.25, -0.2) is 9.38 Å². The van der Waals surface area contributed by atoms with E-state index in [4.69, 9.17) is 4.74 Å². The van der Waals surface area contributed by atoms with Crippen LogP contribution >= 0.6 is 24.0 Å². The van der Waals surface area contributed by atoms with Gasteiger partial charge in [-0.3, -0.25) is 0 Å². The van der Waals surface area contributed by atoms with Gasteiger partial charge in [-0.1, -0.05) is 36.4 Å². The molecule has 0 aliphatic carbocycles. The summed E-state index contributed by atoms with van der Waals surface area (Å²) in [6, 6.07) is 14.6. The van der Waals surface area contributed by atoms with Gasteiger partial charge in [0.25, 0.3) is 0 Å². The van der Waals surface area contributed by atoms with E-state index in [0.29, 0.717) is 26.3 Å². The Kier molecular flexibility index (Phi) is 10.9. The zero-order chi connectivity index (χ0) is 17.9. The molecule has 0 radical (unpaired) electrons. The summed E-state index contributed by atoms with van der Waals surface area (Å²) in [5, 5.41) is 6.58. The Bertz CT molecular complexity index is 677. The maximum atomic E-state index is 13.0. The minimum Gasteiger partial charge on any atom is -0.377 e. The fourth-order valence-corrected chi connectivity index (χ4v) is 2.36. The van der Waals surface area contributed by atoms with Crippen molar-refractivity contribution in [2.45, 2.75) is 33.5 Å². The normalized spacial score (nSPS) is 11.0. The predicted octanol–water partition coefficient (Wildman–Crippen LogP) is 4.24. The van der Waals surface area contributed by atoms with Crippen LogP contribution in [0.25, 0.3) is 0 Å². The van der Waals surface area contributed by atoms with Crippen LogP contribution in [0.2, 0.25) is 0 Å². The molecule has 26 heavy (non-hydrogen) atoms. The minimum absolute atomic E-state index is 0. The molecule has 0 saturated heterocycles. The average molecular weight is 471 g/mol. The predicted molar refractivity (Wildman–Crippen MR) is 115 cm³/mol. The molecule has 0 heterocycles. The summed E-state index contributed by atoms with van der Waals surface area (Å²) >= 11 is 0. The molecule has 4 nitrogen and oxygen atoms in total. The Balaban J connectivity index is 0.00000338. The molecule has 0 amide bonds. The molecule has 0 fully saturated rings. The summed E-state index contributed by atoms with van der Waals surface area (Å²) in [6.07, 6.45) is 0. The molecule has 142 valence electrons. The molecule has 0 bridgehead atoms. The van der Waals surface area contributed by atoms with Gasteiger partial charge in [0.1, 0.15) is 5.82 Å². The number of ether oxygens (including phenoxy) is 1. The van der Waals surface area contributed by atoms with Crippen LogP contribution < -0.4 is 10.6 Å². The van der Waals surface area contributed by atoms with Crippen LogP contribution in [0, 0.1) is 5.82 Å². The molecular formula is C20H27FIN3O. The molecule has 2 aromatic rings. The van der Waals surface area contributed by atoms with E-state index in [2.05, 4.69) is 27.8 Å². The van der Waals surface area contributed by atoms with Crippen molar-refractivity contribution in [2.24, 2.45) is 4.99 Å². The zero-order valence-corrected chi connectivity index (χ0v) is 17.6. The van der Waals surface area contributed by atoms with Crippen LogP contribution in [-0.2, 0) is 24.4 Å². The second-order valence-electron chi connectivity index (χ2n) is 5.58. The number of guanidine groups is 1. The number of hydrogen-bond donors (Lipinski definition) is 2. The van der Waals surface area contributed by atoms with Gasteiger partial charge in [-0.15, -0.1) is 24.0 Å². The summed E-state index contributed by atoms with van der Waals surface area (Å²) in [7, 11) is 0. The smallest absolute Gasteiger partial charge is 0.191 e. The highest BCUT2D eigenvalue weighted by Gasteiger charge is 2.04. The Morgan fingerprint density at radius 1 is 1.00 bits per heavy atom. The SMILES string of the molecule is CCNC(=NCc1ccc(F)cc1)NCc1ccccc1COCC.I. The summed E-state index contributed by atoms with van der Waals surface area (Å²) in [4.78, 5) is 4.56. The van der Waals surface area contributed by atoms with Gasteiger partial charge >= 0.3 is 0 Å².